The summed E-state index contributed by atoms with van der Waals surface area (Å²) >= 11 is 0. The molecule has 2 aliphatic heterocycles. The summed E-state index contributed by atoms with van der Waals surface area (Å²) in [5.41, 5.74) is 0.0856. The fourth-order valence-corrected chi connectivity index (χ4v) is 2.99. The predicted molar refractivity (Wildman–Crippen MR) is 67.0 cm³/mol. The Balaban J connectivity index is 1.87. The van der Waals surface area contributed by atoms with Gasteiger partial charge in [0.2, 0.25) is 5.91 Å². The van der Waals surface area contributed by atoms with Crippen molar-refractivity contribution < 1.29 is 14.0 Å². The lowest BCUT2D eigenvalue weighted by molar-refractivity contribution is -0.123. The molecule has 3 rings (SSSR count). The van der Waals surface area contributed by atoms with Gasteiger partial charge in [-0.3, -0.25) is 9.59 Å². The first kappa shape index (κ1) is 12.1. The summed E-state index contributed by atoms with van der Waals surface area (Å²) in [6.45, 7) is 1.06. The van der Waals surface area contributed by atoms with E-state index in [0.717, 1.165) is 12.8 Å². The van der Waals surface area contributed by atoms with Crippen LogP contribution in [0, 0.1) is 11.7 Å². The number of nitrogens with zero attached hydrogens (tertiary/aromatic N) is 1. The molecule has 19 heavy (non-hydrogen) atoms. The largest absolute Gasteiger partial charge is 0.354 e. The van der Waals surface area contributed by atoms with E-state index in [4.69, 9.17) is 0 Å². The summed E-state index contributed by atoms with van der Waals surface area (Å²) in [6, 6.07) is 5.85. The third-order valence-corrected chi connectivity index (χ3v) is 3.97. The van der Waals surface area contributed by atoms with Gasteiger partial charge in [0, 0.05) is 13.1 Å². The van der Waals surface area contributed by atoms with Gasteiger partial charge in [0.05, 0.1) is 17.5 Å². The summed E-state index contributed by atoms with van der Waals surface area (Å²) in [5, 5.41) is 2.79. The van der Waals surface area contributed by atoms with Crippen LogP contribution in [0.3, 0.4) is 0 Å². The van der Waals surface area contributed by atoms with Gasteiger partial charge < -0.3 is 10.2 Å². The number of benzene rings is 1. The van der Waals surface area contributed by atoms with Crippen molar-refractivity contribution in [1.29, 1.82) is 0 Å². The number of carbonyl (C=O) groups is 2. The zero-order valence-corrected chi connectivity index (χ0v) is 10.4. The Morgan fingerprint density at radius 1 is 1.37 bits per heavy atom. The van der Waals surface area contributed by atoms with Crippen molar-refractivity contribution in [1.82, 2.24) is 10.2 Å². The molecule has 0 radical (unpaired) electrons. The van der Waals surface area contributed by atoms with E-state index < -0.39 is 5.82 Å². The highest BCUT2D eigenvalue weighted by molar-refractivity contribution is 5.95. The van der Waals surface area contributed by atoms with E-state index in [1.54, 1.807) is 17.0 Å². The molecule has 1 aromatic rings. The van der Waals surface area contributed by atoms with Crippen molar-refractivity contribution in [2.45, 2.75) is 18.9 Å². The molecule has 2 heterocycles. The van der Waals surface area contributed by atoms with E-state index in [0.29, 0.717) is 13.1 Å². The Morgan fingerprint density at radius 3 is 2.95 bits per heavy atom. The fraction of sp³-hybridized carbons (Fsp3) is 0.429. The van der Waals surface area contributed by atoms with Crippen LogP contribution >= 0.6 is 0 Å². The quantitative estimate of drug-likeness (QED) is 0.826. The Bertz CT molecular complexity index is 532. The van der Waals surface area contributed by atoms with E-state index in [2.05, 4.69) is 5.32 Å². The highest BCUT2D eigenvalue weighted by atomic mass is 19.1. The van der Waals surface area contributed by atoms with Crippen LogP contribution in [0.1, 0.15) is 23.2 Å². The molecular weight excluding hydrogens is 247 g/mol. The first-order valence-corrected chi connectivity index (χ1v) is 6.51. The molecule has 0 aliphatic carbocycles. The Kier molecular flexibility index (Phi) is 2.97. The van der Waals surface area contributed by atoms with Gasteiger partial charge in [0.25, 0.3) is 5.91 Å². The maximum Gasteiger partial charge on any atom is 0.257 e. The topological polar surface area (TPSA) is 49.4 Å². The molecule has 2 atom stereocenters. The number of likely N-dealkylation sites (tertiary alicyclic amines) is 1. The molecule has 1 N–H and O–H groups in total. The second-order valence-electron chi connectivity index (χ2n) is 5.04. The lowest BCUT2D eigenvalue weighted by Gasteiger charge is -2.36. The number of nitrogens with one attached hydrogen (secondary N) is 1. The molecule has 0 saturated carbocycles. The number of amides is 2. The minimum atomic E-state index is -0.507. The number of rotatable bonds is 1. The van der Waals surface area contributed by atoms with Crippen molar-refractivity contribution in [3.63, 3.8) is 0 Å². The molecule has 0 bridgehead atoms. The van der Waals surface area contributed by atoms with Crippen molar-refractivity contribution in [3.05, 3.63) is 35.6 Å². The monoisotopic (exact) mass is 262 g/mol. The first-order chi connectivity index (χ1) is 9.18. The summed E-state index contributed by atoms with van der Waals surface area (Å²) in [6.07, 6.45) is 1.59. The lowest BCUT2D eigenvalue weighted by atomic mass is 9.91. The van der Waals surface area contributed by atoms with Crippen LogP contribution in [0.2, 0.25) is 0 Å². The number of carbonyl (C=O) groups excluding carboxylic acids is 2. The molecule has 0 aromatic heterocycles. The van der Waals surface area contributed by atoms with Gasteiger partial charge in [-0.25, -0.2) is 4.39 Å². The minimum absolute atomic E-state index is 0.0102. The van der Waals surface area contributed by atoms with Gasteiger partial charge in [0.1, 0.15) is 5.82 Å². The second kappa shape index (κ2) is 4.64. The zero-order chi connectivity index (χ0) is 13.4. The van der Waals surface area contributed by atoms with E-state index in [1.165, 1.54) is 12.1 Å². The SMILES string of the molecule is O=C1NCC2C1CCCN2C(=O)c1ccccc1F. The smallest absolute Gasteiger partial charge is 0.257 e. The number of hydrogen-bond donors (Lipinski definition) is 1. The highest BCUT2D eigenvalue weighted by Gasteiger charge is 2.42. The van der Waals surface area contributed by atoms with Crippen LogP contribution < -0.4 is 5.32 Å². The molecule has 2 saturated heterocycles. The molecule has 1 aromatic carbocycles. The number of piperidine rings is 1. The molecule has 4 nitrogen and oxygen atoms in total. The van der Waals surface area contributed by atoms with E-state index >= 15 is 0 Å². The fourth-order valence-electron chi connectivity index (χ4n) is 2.99. The van der Waals surface area contributed by atoms with Crippen LogP contribution in [0.25, 0.3) is 0 Å². The van der Waals surface area contributed by atoms with Crippen LogP contribution in [0.4, 0.5) is 4.39 Å². The number of hydrogen-bond acceptors (Lipinski definition) is 2. The highest BCUT2D eigenvalue weighted by Crippen LogP contribution is 2.28. The predicted octanol–water partition coefficient (Wildman–Crippen LogP) is 1.18. The van der Waals surface area contributed by atoms with Gasteiger partial charge in [-0.15, -0.1) is 0 Å². The molecule has 2 fully saturated rings. The Morgan fingerprint density at radius 2 is 2.16 bits per heavy atom. The standard InChI is InChI=1S/C14H15FN2O2/c15-11-6-2-1-4-9(11)14(19)17-7-3-5-10-12(17)8-16-13(10)18/h1-2,4,6,10,12H,3,5,7-8H2,(H,16,18). The van der Waals surface area contributed by atoms with Crippen molar-refractivity contribution in [2.24, 2.45) is 5.92 Å². The van der Waals surface area contributed by atoms with Crippen molar-refractivity contribution in [3.8, 4) is 0 Å². The summed E-state index contributed by atoms with van der Waals surface area (Å²) < 4.78 is 13.7. The van der Waals surface area contributed by atoms with Crippen molar-refractivity contribution in [2.75, 3.05) is 13.1 Å². The maximum atomic E-state index is 13.7. The zero-order valence-electron chi connectivity index (χ0n) is 10.4. The maximum absolute atomic E-state index is 13.7. The average molecular weight is 262 g/mol. The van der Waals surface area contributed by atoms with Crippen LogP contribution in [0.15, 0.2) is 24.3 Å². The molecule has 2 aliphatic rings. The molecule has 2 amide bonds. The van der Waals surface area contributed by atoms with Crippen molar-refractivity contribution >= 4 is 11.8 Å². The summed E-state index contributed by atoms with van der Waals surface area (Å²) in [5.74, 6) is -0.947. The third kappa shape index (κ3) is 1.99. The molecule has 2 unspecified atom stereocenters. The van der Waals surface area contributed by atoms with E-state index in [-0.39, 0.29) is 29.3 Å². The van der Waals surface area contributed by atoms with Gasteiger partial charge in [-0.05, 0) is 25.0 Å². The normalized spacial score (nSPS) is 25.9. The first-order valence-electron chi connectivity index (χ1n) is 6.51. The van der Waals surface area contributed by atoms with Crippen LogP contribution in [-0.2, 0) is 4.79 Å². The van der Waals surface area contributed by atoms with E-state index in [9.17, 15) is 14.0 Å². The van der Waals surface area contributed by atoms with Crippen LogP contribution in [-0.4, -0.2) is 35.8 Å². The number of halogens is 1. The second-order valence-corrected chi connectivity index (χ2v) is 5.04. The number of fused-ring (bicyclic) bond motifs is 1. The minimum Gasteiger partial charge on any atom is -0.354 e. The lowest BCUT2D eigenvalue weighted by Crippen LogP contribution is -2.48. The molecule has 0 spiro atoms. The van der Waals surface area contributed by atoms with Gasteiger partial charge in [0.15, 0.2) is 0 Å². The average Bonchev–Trinajstić information content (AvgIpc) is 2.80. The van der Waals surface area contributed by atoms with Gasteiger partial charge in [-0.2, -0.15) is 0 Å². The molecule has 100 valence electrons. The van der Waals surface area contributed by atoms with Crippen LogP contribution in [0.5, 0.6) is 0 Å². The van der Waals surface area contributed by atoms with Gasteiger partial charge in [-0.1, -0.05) is 12.1 Å². The third-order valence-electron chi connectivity index (χ3n) is 3.97. The summed E-state index contributed by atoms with van der Waals surface area (Å²) in [7, 11) is 0. The van der Waals surface area contributed by atoms with E-state index in [1.807, 2.05) is 0 Å². The Hall–Kier alpha value is -1.91. The molecular formula is C14H15FN2O2. The van der Waals surface area contributed by atoms with Gasteiger partial charge >= 0.3 is 0 Å². The summed E-state index contributed by atoms with van der Waals surface area (Å²) in [4.78, 5) is 25.7. The Labute approximate surface area is 110 Å². The molecule has 5 heteroatoms.